The molecule has 1 rings (SSSR count). The molecule has 0 aliphatic heterocycles. The number of rotatable bonds is 4. The normalized spacial score (nSPS) is 22.5. The van der Waals surface area contributed by atoms with Crippen molar-refractivity contribution in [2.75, 3.05) is 6.61 Å². The average Bonchev–Trinajstić information content (AvgIpc) is 2.06. The van der Waals surface area contributed by atoms with Crippen LogP contribution in [0.3, 0.4) is 0 Å². The molecule has 2 nitrogen and oxygen atoms in total. The third-order valence-electron chi connectivity index (χ3n) is 2.25. The topological polar surface area (TPSA) is 18.5 Å². The van der Waals surface area contributed by atoms with E-state index < -0.39 is 0 Å². The van der Waals surface area contributed by atoms with E-state index in [9.17, 15) is 0 Å². The summed E-state index contributed by atoms with van der Waals surface area (Å²) in [5.41, 5.74) is 0. The van der Waals surface area contributed by atoms with Crippen LogP contribution in [0.5, 0.6) is 0 Å². The number of hydrogen-bond acceptors (Lipinski definition) is 2. The molecule has 0 amide bonds. The van der Waals surface area contributed by atoms with Gasteiger partial charge in [-0.25, -0.2) is 0 Å². The Labute approximate surface area is 75.2 Å². The highest BCUT2D eigenvalue weighted by molar-refractivity contribution is 4.66. The van der Waals surface area contributed by atoms with Gasteiger partial charge < -0.3 is 9.47 Å². The van der Waals surface area contributed by atoms with Crippen molar-refractivity contribution in [1.82, 2.24) is 0 Å². The molecular formula is C10H19O2. The van der Waals surface area contributed by atoms with E-state index in [1.165, 1.54) is 32.1 Å². The molecule has 0 saturated heterocycles. The molecular weight excluding hydrogens is 152 g/mol. The Balaban J connectivity index is 2.11. The summed E-state index contributed by atoms with van der Waals surface area (Å²) < 4.78 is 10.8. The molecule has 71 valence electrons. The summed E-state index contributed by atoms with van der Waals surface area (Å²) in [5, 5.41) is 0. The van der Waals surface area contributed by atoms with Gasteiger partial charge in [0.15, 0.2) is 6.29 Å². The average molecular weight is 171 g/mol. The van der Waals surface area contributed by atoms with Crippen molar-refractivity contribution < 1.29 is 9.47 Å². The second kappa shape index (κ2) is 5.55. The first-order chi connectivity index (χ1) is 5.83. The van der Waals surface area contributed by atoms with Gasteiger partial charge in [0, 0.05) is 13.5 Å². The monoisotopic (exact) mass is 171 g/mol. The predicted molar refractivity (Wildman–Crippen MR) is 48.7 cm³/mol. The first kappa shape index (κ1) is 10.0. The Morgan fingerprint density at radius 3 is 2.58 bits per heavy atom. The fraction of sp³-hybridized carbons (Fsp3) is 0.900. The van der Waals surface area contributed by atoms with Crippen LogP contribution in [0.25, 0.3) is 0 Å². The molecule has 12 heavy (non-hydrogen) atoms. The lowest BCUT2D eigenvalue weighted by molar-refractivity contribution is -0.148. The summed E-state index contributed by atoms with van der Waals surface area (Å²) in [7, 11) is 0. The van der Waals surface area contributed by atoms with Gasteiger partial charge in [-0.1, -0.05) is 19.3 Å². The summed E-state index contributed by atoms with van der Waals surface area (Å²) in [5.74, 6) is 0. The van der Waals surface area contributed by atoms with Crippen molar-refractivity contribution in [2.24, 2.45) is 0 Å². The standard InChI is InChI=1S/C10H19O2/c1-3-11-9(2)12-10-7-5-4-6-8-10/h9-10H,2-8H2,1H3. The molecule has 0 aromatic heterocycles. The molecule has 1 atom stereocenters. The lowest BCUT2D eigenvalue weighted by atomic mass is 9.98. The van der Waals surface area contributed by atoms with Crippen LogP contribution in [0.15, 0.2) is 0 Å². The zero-order valence-electron chi connectivity index (χ0n) is 7.92. The Bertz CT molecular complexity index is 108. The van der Waals surface area contributed by atoms with E-state index in [0.717, 1.165) is 0 Å². The van der Waals surface area contributed by atoms with Crippen LogP contribution < -0.4 is 0 Å². The zero-order chi connectivity index (χ0) is 8.81. The Hall–Kier alpha value is -0.0800. The maximum absolute atomic E-state index is 5.60. The van der Waals surface area contributed by atoms with Crippen molar-refractivity contribution in [3.63, 3.8) is 0 Å². The molecule has 1 saturated carbocycles. The third-order valence-corrected chi connectivity index (χ3v) is 2.25. The van der Waals surface area contributed by atoms with Crippen molar-refractivity contribution in [3.8, 4) is 0 Å². The maximum atomic E-state index is 5.60. The second-order valence-electron chi connectivity index (χ2n) is 3.28. The van der Waals surface area contributed by atoms with Gasteiger partial charge in [0.1, 0.15) is 0 Å². The van der Waals surface area contributed by atoms with E-state index in [2.05, 4.69) is 6.92 Å². The summed E-state index contributed by atoms with van der Waals surface area (Å²) in [6.07, 6.45) is 6.44. The van der Waals surface area contributed by atoms with E-state index in [0.29, 0.717) is 12.7 Å². The molecule has 1 fully saturated rings. The lowest BCUT2D eigenvalue weighted by Crippen LogP contribution is -2.24. The van der Waals surface area contributed by atoms with Gasteiger partial charge in [-0.15, -0.1) is 0 Å². The predicted octanol–water partition coefficient (Wildman–Crippen LogP) is 2.53. The zero-order valence-corrected chi connectivity index (χ0v) is 7.92. The van der Waals surface area contributed by atoms with Gasteiger partial charge in [-0.3, -0.25) is 0 Å². The van der Waals surface area contributed by atoms with Gasteiger partial charge in [0.25, 0.3) is 0 Å². The highest BCUT2D eigenvalue weighted by Crippen LogP contribution is 2.21. The molecule has 2 heteroatoms. The fourth-order valence-corrected chi connectivity index (χ4v) is 1.64. The summed E-state index contributed by atoms with van der Waals surface area (Å²) in [4.78, 5) is 0. The molecule has 1 aliphatic rings. The van der Waals surface area contributed by atoms with Gasteiger partial charge in [-0.2, -0.15) is 0 Å². The number of hydrogen-bond donors (Lipinski definition) is 0. The third kappa shape index (κ3) is 3.55. The first-order valence-electron chi connectivity index (χ1n) is 4.93. The Morgan fingerprint density at radius 2 is 2.00 bits per heavy atom. The van der Waals surface area contributed by atoms with Crippen LogP contribution in [0.1, 0.15) is 39.0 Å². The van der Waals surface area contributed by atoms with E-state index in [1.807, 2.05) is 6.92 Å². The van der Waals surface area contributed by atoms with E-state index >= 15 is 0 Å². The summed E-state index contributed by atoms with van der Waals surface area (Å²) in [6.45, 7) is 6.42. The highest BCUT2D eigenvalue weighted by Gasteiger charge is 2.16. The molecule has 1 unspecified atom stereocenters. The SMILES string of the molecule is [CH2]C(OCC)OC1CCCCC1. The molecule has 0 bridgehead atoms. The number of ether oxygens (including phenoxy) is 2. The molecule has 0 N–H and O–H groups in total. The molecule has 0 spiro atoms. The maximum Gasteiger partial charge on any atom is 0.158 e. The van der Waals surface area contributed by atoms with Crippen LogP contribution in [0, 0.1) is 6.92 Å². The van der Waals surface area contributed by atoms with Crippen molar-refractivity contribution >= 4 is 0 Å². The highest BCUT2D eigenvalue weighted by atomic mass is 16.7. The van der Waals surface area contributed by atoms with Crippen LogP contribution in [-0.2, 0) is 9.47 Å². The smallest absolute Gasteiger partial charge is 0.158 e. The van der Waals surface area contributed by atoms with Gasteiger partial charge in [0.05, 0.1) is 6.10 Å². The second-order valence-corrected chi connectivity index (χ2v) is 3.28. The fourth-order valence-electron chi connectivity index (χ4n) is 1.64. The molecule has 1 aliphatic carbocycles. The van der Waals surface area contributed by atoms with Gasteiger partial charge in [-0.05, 0) is 19.8 Å². The molecule has 0 aromatic rings. The van der Waals surface area contributed by atoms with Gasteiger partial charge >= 0.3 is 0 Å². The Morgan fingerprint density at radius 1 is 1.33 bits per heavy atom. The molecule has 1 radical (unpaired) electrons. The largest absolute Gasteiger partial charge is 0.353 e. The van der Waals surface area contributed by atoms with Crippen molar-refractivity contribution in [2.45, 2.75) is 51.4 Å². The van der Waals surface area contributed by atoms with Crippen LogP contribution in [-0.4, -0.2) is 19.0 Å². The first-order valence-corrected chi connectivity index (χ1v) is 4.93. The van der Waals surface area contributed by atoms with Crippen LogP contribution in [0.4, 0.5) is 0 Å². The van der Waals surface area contributed by atoms with Crippen molar-refractivity contribution in [3.05, 3.63) is 6.92 Å². The molecule has 0 aromatic carbocycles. The van der Waals surface area contributed by atoms with Crippen LogP contribution in [0.2, 0.25) is 0 Å². The Kier molecular flexibility index (Phi) is 4.62. The van der Waals surface area contributed by atoms with Crippen molar-refractivity contribution in [1.29, 1.82) is 0 Å². The quantitative estimate of drug-likeness (QED) is 0.605. The minimum atomic E-state index is -0.266. The summed E-state index contributed by atoms with van der Waals surface area (Å²) >= 11 is 0. The lowest BCUT2D eigenvalue weighted by Gasteiger charge is -2.25. The minimum absolute atomic E-state index is 0.266. The van der Waals surface area contributed by atoms with E-state index in [4.69, 9.17) is 9.47 Å². The van der Waals surface area contributed by atoms with E-state index in [-0.39, 0.29) is 6.29 Å². The summed E-state index contributed by atoms with van der Waals surface area (Å²) in [6, 6.07) is 0. The van der Waals surface area contributed by atoms with E-state index in [1.54, 1.807) is 0 Å². The molecule has 0 heterocycles. The van der Waals surface area contributed by atoms with Crippen LogP contribution >= 0.6 is 0 Å². The minimum Gasteiger partial charge on any atom is -0.353 e. The van der Waals surface area contributed by atoms with Gasteiger partial charge in [0.2, 0.25) is 0 Å².